The standard InChI is InChI=1S/C21H28F2N2O2/c22-16-5-6-19(23)15(13-16)14-24-10-7-18(8-11-24)27-20-9-12-25(21(20)26)17-3-1-2-4-17/h5-6,13,17-18,20H,1-4,7-12,14H2. The molecule has 4 rings (SSSR count). The summed E-state index contributed by atoms with van der Waals surface area (Å²) in [5.41, 5.74) is 0.396. The minimum atomic E-state index is -0.406. The maximum absolute atomic E-state index is 13.8. The normalized spacial score (nSPS) is 25.6. The molecule has 1 aromatic rings. The SMILES string of the molecule is O=C1C(OC2CCN(Cc3cc(F)ccc3F)CC2)CCN1C1CCCC1. The van der Waals surface area contributed by atoms with Gasteiger partial charge in [-0.25, -0.2) is 8.78 Å². The average Bonchev–Trinajstić information content (AvgIpc) is 3.30. The molecule has 1 saturated carbocycles. The summed E-state index contributed by atoms with van der Waals surface area (Å²) in [6, 6.07) is 4.02. The fourth-order valence-electron chi connectivity index (χ4n) is 4.72. The summed E-state index contributed by atoms with van der Waals surface area (Å²) < 4.78 is 33.3. The van der Waals surface area contributed by atoms with Crippen LogP contribution in [0.15, 0.2) is 18.2 Å². The Kier molecular flexibility index (Phi) is 5.74. The second kappa shape index (κ2) is 8.23. The Morgan fingerprint density at radius 2 is 1.74 bits per heavy atom. The molecular formula is C21H28F2N2O2. The Labute approximate surface area is 159 Å². The first-order valence-corrected chi connectivity index (χ1v) is 10.2. The molecule has 1 atom stereocenters. The van der Waals surface area contributed by atoms with Crippen LogP contribution in [0, 0.1) is 11.6 Å². The summed E-state index contributed by atoms with van der Waals surface area (Å²) >= 11 is 0. The minimum absolute atomic E-state index is 0.0797. The molecule has 3 aliphatic rings. The number of amides is 1. The number of benzene rings is 1. The number of hydrogen-bond acceptors (Lipinski definition) is 3. The fraction of sp³-hybridized carbons (Fsp3) is 0.667. The van der Waals surface area contributed by atoms with E-state index in [1.807, 2.05) is 4.90 Å². The molecule has 3 fully saturated rings. The number of halogens is 2. The van der Waals surface area contributed by atoms with E-state index in [0.29, 0.717) is 18.2 Å². The van der Waals surface area contributed by atoms with E-state index in [9.17, 15) is 13.6 Å². The number of nitrogens with zero attached hydrogens (tertiary/aromatic N) is 2. The van der Waals surface area contributed by atoms with Gasteiger partial charge in [-0.15, -0.1) is 0 Å². The van der Waals surface area contributed by atoms with Crippen molar-refractivity contribution in [2.75, 3.05) is 19.6 Å². The molecule has 148 valence electrons. The van der Waals surface area contributed by atoms with Crippen molar-refractivity contribution in [1.82, 2.24) is 9.80 Å². The maximum Gasteiger partial charge on any atom is 0.252 e. The Balaban J connectivity index is 1.25. The van der Waals surface area contributed by atoms with Crippen LogP contribution in [0.3, 0.4) is 0 Å². The minimum Gasteiger partial charge on any atom is -0.365 e. The predicted octanol–water partition coefficient (Wildman–Crippen LogP) is 3.49. The topological polar surface area (TPSA) is 32.8 Å². The molecule has 0 radical (unpaired) electrons. The predicted molar refractivity (Wildman–Crippen MR) is 98.1 cm³/mol. The van der Waals surface area contributed by atoms with Gasteiger partial charge in [0.25, 0.3) is 5.91 Å². The van der Waals surface area contributed by atoms with Gasteiger partial charge in [0.1, 0.15) is 17.7 Å². The van der Waals surface area contributed by atoms with Gasteiger partial charge in [-0.1, -0.05) is 12.8 Å². The lowest BCUT2D eigenvalue weighted by atomic mass is 10.1. The molecule has 0 spiro atoms. The monoisotopic (exact) mass is 378 g/mol. The first-order chi connectivity index (χ1) is 13.1. The number of likely N-dealkylation sites (tertiary alicyclic amines) is 2. The highest BCUT2D eigenvalue weighted by molar-refractivity contribution is 5.83. The highest BCUT2D eigenvalue weighted by Gasteiger charge is 2.39. The molecule has 2 heterocycles. The van der Waals surface area contributed by atoms with Gasteiger partial charge < -0.3 is 9.64 Å². The zero-order valence-electron chi connectivity index (χ0n) is 15.7. The van der Waals surface area contributed by atoms with E-state index < -0.39 is 5.82 Å². The molecule has 1 amide bonds. The second-order valence-corrected chi connectivity index (χ2v) is 8.09. The third kappa shape index (κ3) is 4.32. The third-order valence-electron chi connectivity index (χ3n) is 6.25. The van der Waals surface area contributed by atoms with Crippen molar-refractivity contribution in [3.63, 3.8) is 0 Å². The molecule has 1 aromatic carbocycles. The van der Waals surface area contributed by atoms with Crippen molar-refractivity contribution in [2.45, 2.75) is 69.7 Å². The van der Waals surface area contributed by atoms with E-state index >= 15 is 0 Å². The van der Waals surface area contributed by atoms with E-state index in [1.165, 1.54) is 25.0 Å². The highest BCUT2D eigenvalue weighted by atomic mass is 19.1. The van der Waals surface area contributed by atoms with Crippen LogP contribution >= 0.6 is 0 Å². The summed E-state index contributed by atoms with van der Waals surface area (Å²) in [5, 5.41) is 0. The lowest BCUT2D eigenvalue weighted by Crippen LogP contribution is -2.41. The van der Waals surface area contributed by atoms with E-state index in [4.69, 9.17) is 4.74 Å². The van der Waals surface area contributed by atoms with E-state index in [2.05, 4.69) is 4.90 Å². The number of rotatable bonds is 5. The van der Waals surface area contributed by atoms with Gasteiger partial charge in [0.15, 0.2) is 0 Å². The first-order valence-electron chi connectivity index (χ1n) is 10.2. The fourth-order valence-corrected chi connectivity index (χ4v) is 4.72. The first kappa shape index (κ1) is 18.8. The molecule has 2 saturated heterocycles. The molecule has 1 aliphatic carbocycles. The third-order valence-corrected chi connectivity index (χ3v) is 6.25. The van der Waals surface area contributed by atoms with Crippen molar-refractivity contribution < 1.29 is 18.3 Å². The average molecular weight is 378 g/mol. The summed E-state index contributed by atoms with van der Waals surface area (Å²) in [5.74, 6) is -0.597. The Bertz CT molecular complexity index is 670. The molecular weight excluding hydrogens is 350 g/mol. The molecule has 0 N–H and O–H groups in total. The molecule has 4 nitrogen and oxygen atoms in total. The smallest absolute Gasteiger partial charge is 0.252 e. The van der Waals surface area contributed by atoms with Crippen LogP contribution in [0.2, 0.25) is 0 Å². The van der Waals surface area contributed by atoms with Crippen LogP contribution < -0.4 is 0 Å². The molecule has 6 heteroatoms. The van der Waals surface area contributed by atoms with Crippen molar-refractivity contribution in [2.24, 2.45) is 0 Å². The molecule has 27 heavy (non-hydrogen) atoms. The number of hydrogen-bond donors (Lipinski definition) is 0. The Morgan fingerprint density at radius 1 is 1.00 bits per heavy atom. The summed E-state index contributed by atoms with van der Waals surface area (Å²) in [6.45, 7) is 2.78. The van der Waals surface area contributed by atoms with Crippen molar-refractivity contribution in [3.05, 3.63) is 35.4 Å². The lowest BCUT2D eigenvalue weighted by molar-refractivity contribution is -0.143. The van der Waals surface area contributed by atoms with Gasteiger partial charge in [0.05, 0.1) is 6.10 Å². The van der Waals surface area contributed by atoms with Crippen LogP contribution in [-0.2, 0) is 16.1 Å². The highest BCUT2D eigenvalue weighted by Crippen LogP contribution is 2.29. The number of carbonyl (C=O) groups excluding carboxylic acids is 1. The van der Waals surface area contributed by atoms with E-state index in [1.54, 1.807) is 0 Å². The number of ether oxygens (including phenoxy) is 1. The van der Waals surface area contributed by atoms with Crippen LogP contribution in [0.5, 0.6) is 0 Å². The van der Waals surface area contributed by atoms with E-state index in [0.717, 1.165) is 57.8 Å². The Morgan fingerprint density at radius 3 is 2.48 bits per heavy atom. The van der Waals surface area contributed by atoms with E-state index in [-0.39, 0.29) is 23.9 Å². The quantitative estimate of drug-likeness (QED) is 0.786. The summed E-state index contributed by atoms with van der Waals surface area (Å²) in [7, 11) is 0. The molecule has 0 bridgehead atoms. The van der Waals surface area contributed by atoms with Gasteiger partial charge in [-0.2, -0.15) is 0 Å². The molecule has 2 aliphatic heterocycles. The van der Waals surface area contributed by atoms with Crippen LogP contribution in [0.1, 0.15) is 50.5 Å². The van der Waals surface area contributed by atoms with Crippen molar-refractivity contribution >= 4 is 5.91 Å². The Hall–Kier alpha value is -1.53. The van der Waals surface area contributed by atoms with Gasteiger partial charge in [0.2, 0.25) is 0 Å². The van der Waals surface area contributed by atoms with Crippen molar-refractivity contribution in [3.8, 4) is 0 Å². The summed E-state index contributed by atoms with van der Waals surface area (Å²) in [6.07, 6.45) is 6.95. The molecule has 0 aromatic heterocycles. The largest absolute Gasteiger partial charge is 0.365 e. The van der Waals surface area contributed by atoms with Gasteiger partial charge >= 0.3 is 0 Å². The number of piperidine rings is 1. The second-order valence-electron chi connectivity index (χ2n) is 8.09. The zero-order chi connectivity index (χ0) is 18.8. The lowest BCUT2D eigenvalue weighted by Gasteiger charge is -2.33. The zero-order valence-corrected chi connectivity index (χ0v) is 15.7. The van der Waals surface area contributed by atoms with Crippen LogP contribution in [0.25, 0.3) is 0 Å². The van der Waals surface area contributed by atoms with Gasteiger partial charge in [0, 0.05) is 44.2 Å². The van der Waals surface area contributed by atoms with Gasteiger partial charge in [-0.3, -0.25) is 9.69 Å². The van der Waals surface area contributed by atoms with Crippen LogP contribution in [0.4, 0.5) is 8.78 Å². The molecule has 1 unspecified atom stereocenters. The van der Waals surface area contributed by atoms with Gasteiger partial charge in [-0.05, 0) is 43.9 Å². The number of carbonyl (C=O) groups is 1. The summed E-state index contributed by atoms with van der Waals surface area (Å²) in [4.78, 5) is 16.8. The van der Waals surface area contributed by atoms with Crippen LogP contribution in [-0.4, -0.2) is 53.6 Å². The van der Waals surface area contributed by atoms with Crippen molar-refractivity contribution in [1.29, 1.82) is 0 Å². The maximum atomic E-state index is 13.8.